The summed E-state index contributed by atoms with van der Waals surface area (Å²) in [5, 5.41) is 13.0. The molecule has 0 spiro atoms. The predicted octanol–water partition coefficient (Wildman–Crippen LogP) is 2.19. The number of benzene rings is 1. The van der Waals surface area contributed by atoms with E-state index in [2.05, 4.69) is 15.3 Å². The largest absolute Gasteiger partial charge is 0.506 e. The van der Waals surface area contributed by atoms with Crippen molar-refractivity contribution in [2.75, 3.05) is 37.8 Å². The molecule has 0 fully saturated rings. The van der Waals surface area contributed by atoms with Gasteiger partial charge in [-0.25, -0.2) is 8.42 Å². The zero-order valence-corrected chi connectivity index (χ0v) is 19.7. The first-order valence-corrected chi connectivity index (χ1v) is 13.2. The lowest BCUT2D eigenvalue weighted by Crippen LogP contribution is -2.26. The summed E-state index contributed by atoms with van der Waals surface area (Å²) in [5.74, 6) is 0.229. The third-order valence-electron chi connectivity index (χ3n) is 5.02. The number of hydrogen-bond acceptors (Lipinski definition) is 8. The fourth-order valence-electron chi connectivity index (χ4n) is 3.25. The number of hydrogen-bond donors (Lipinski definition) is 3. The Bertz CT molecular complexity index is 1170. The van der Waals surface area contributed by atoms with E-state index in [0.29, 0.717) is 51.1 Å². The van der Waals surface area contributed by atoms with Crippen LogP contribution in [0.3, 0.4) is 0 Å². The molecule has 0 saturated heterocycles. The molecule has 0 saturated carbocycles. The fraction of sp³-hybridized carbons (Fsp3) is 0.455. The second-order valence-electron chi connectivity index (χ2n) is 7.66. The van der Waals surface area contributed by atoms with E-state index >= 15 is 0 Å². The number of phenols is 1. The summed E-state index contributed by atoms with van der Waals surface area (Å²) in [6.07, 6.45) is 3.64. The highest BCUT2D eigenvalue weighted by Gasteiger charge is 2.11. The van der Waals surface area contributed by atoms with Crippen LogP contribution in [0.4, 0.5) is 0 Å². The molecule has 3 aromatic rings. The van der Waals surface area contributed by atoms with Crippen molar-refractivity contribution in [2.45, 2.75) is 26.2 Å². The van der Waals surface area contributed by atoms with Gasteiger partial charge >= 0.3 is 4.87 Å². The van der Waals surface area contributed by atoms with Crippen LogP contribution in [0.5, 0.6) is 5.75 Å². The van der Waals surface area contributed by atoms with Gasteiger partial charge in [-0.15, -0.1) is 0 Å². The number of fused-ring (bicyclic) bond motifs is 1. The van der Waals surface area contributed by atoms with E-state index in [-0.39, 0.29) is 22.1 Å². The number of H-pyrrole nitrogens is 1. The van der Waals surface area contributed by atoms with Crippen molar-refractivity contribution in [1.82, 2.24) is 15.3 Å². The summed E-state index contributed by atoms with van der Waals surface area (Å²) >= 11 is 1.06. The number of thiazole rings is 1. The molecule has 0 amide bonds. The summed E-state index contributed by atoms with van der Waals surface area (Å²) in [6, 6.07) is 7.33. The Morgan fingerprint density at radius 2 is 1.97 bits per heavy atom. The van der Waals surface area contributed by atoms with Gasteiger partial charge in [-0.3, -0.25) is 9.78 Å². The highest BCUT2D eigenvalue weighted by atomic mass is 32.2. The number of ether oxygens (including phenoxy) is 1. The Morgan fingerprint density at radius 3 is 2.75 bits per heavy atom. The summed E-state index contributed by atoms with van der Waals surface area (Å²) in [7, 11) is -3.14. The molecule has 3 N–H and O–H groups in total. The Labute approximate surface area is 191 Å². The number of aromatic amines is 1. The minimum Gasteiger partial charge on any atom is -0.506 e. The summed E-state index contributed by atoms with van der Waals surface area (Å²) < 4.78 is 30.7. The van der Waals surface area contributed by atoms with E-state index in [1.165, 1.54) is 0 Å². The molecule has 0 atom stereocenters. The van der Waals surface area contributed by atoms with Gasteiger partial charge in [0.15, 0.2) is 9.84 Å². The molecular weight excluding hydrogens is 450 g/mol. The Hall–Kier alpha value is -2.27. The lowest BCUT2D eigenvalue weighted by Gasteiger charge is -2.08. The van der Waals surface area contributed by atoms with Crippen molar-refractivity contribution in [1.29, 1.82) is 0 Å². The van der Waals surface area contributed by atoms with Gasteiger partial charge in [0.25, 0.3) is 0 Å². The monoisotopic (exact) mass is 479 g/mol. The van der Waals surface area contributed by atoms with Crippen molar-refractivity contribution in [3.05, 3.63) is 57.0 Å². The van der Waals surface area contributed by atoms with Crippen LogP contribution < -0.4 is 10.2 Å². The van der Waals surface area contributed by atoms with Crippen molar-refractivity contribution in [3.63, 3.8) is 0 Å². The highest BCUT2D eigenvalue weighted by molar-refractivity contribution is 7.91. The molecule has 10 heteroatoms. The van der Waals surface area contributed by atoms with Gasteiger partial charge in [-0.2, -0.15) is 0 Å². The number of nitrogens with zero attached hydrogens (tertiary/aromatic N) is 1. The predicted molar refractivity (Wildman–Crippen MR) is 127 cm³/mol. The van der Waals surface area contributed by atoms with Crippen LogP contribution in [0.25, 0.3) is 10.2 Å². The van der Waals surface area contributed by atoms with Gasteiger partial charge < -0.3 is 20.1 Å². The summed E-state index contributed by atoms with van der Waals surface area (Å²) in [4.78, 5) is 18.3. The van der Waals surface area contributed by atoms with E-state index in [4.69, 9.17) is 4.74 Å². The van der Waals surface area contributed by atoms with Crippen molar-refractivity contribution in [2.24, 2.45) is 0 Å². The number of rotatable bonds is 13. The zero-order valence-electron chi connectivity index (χ0n) is 18.1. The first-order valence-electron chi connectivity index (χ1n) is 10.6. The van der Waals surface area contributed by atoms with Gasteiger partial charge in [0, 0.05) is 31.5 Å². The molecule has 8 nitrogen and oxygen atoms in total. The second kappa shape index (κ2) is 11.6. The maximum absolute atomic E-state index is 12.2. The first kappa shape index (κ1) is 24.4. The highest BCUT2D eigenvalue weighted by Crippen LogP contribution is 2.27. The lowest BCUT2D eigenvalue weighted by molar-refractivity contribution is 0.137. The molecule has 174 valence electrons. The Kier molecular flexibility index (Phi) is 8.80. The molecule has 0 aliphatic rings. The smallest absolute Gasteiger partial charge is 0.305 e. The van der Waals surface area contributed by atoms with Crippen LogP contribution in [-0.2, 0) is 27.4 Å². The van der Waals surface area contributed by atoms with Crippen LogP contribution >= 0.6 is 11.3 Å². The molecule has 32 heavy (non-hydrogen) atoms. The van der Waals surface area contributed by atoms with Crippen molar-refractivity contribution >= 4 is 31.4 Å². The van der Waals surface area contributed by atoms with Gasteiger partial charge in [0.2, 0.25) is 0 Å². The van der Waals surface area contributed by atoms with Crippen LogP contribution in [-0.4, -0.2) is 61.3 Å². The topological polar surface area (TPSA) is 121 Å². The average Bonchev–Trinajstić information content (AvgIpc) is 3.15. The molecule has 0 aliphatic carbocycles. The maximum Gasteiger partial charge on any atom is 0.305 e. The second-order valence-corrected chi connectivity index (χ2v) is 10.9. The number of aryl methyl sites for hydroxylation is 1. The van der Waals surface area contributed by atoms with Crippen molar-refractivity contribution < 1.29 is 18.3 Å². The van der Waals surface area contributed by atoms with Gasteiger partial charge in [0.1, 0.15) is 11.3 Å². The third kappa shape index (κ3) is 7.40. The standard InChI is InChI=1S/C22H29N3O5S2/c1-16-3-5-18(24-15-16)8-12-30-11-2-13-32(28,29)14-10-23-9-7-17-4-6-19(26)20-21(17)31-22(27)25-20/h3-6,15,23,26H,2,7-14H2,1H3,(H,25,27). The minimum atomic E-state index is -3.14. The van der Waals surface area contributed by atoms with E-state index in [9.17, 15) is 18.3 Å². The molecule has 2 heterocycles. The van der Waals surface area contributed by atoms with Crippen molar-refractivity contribution in [3.8, 4) is 5.75 Å². The van der Waals surface area contributed by atoms with Crippen LogP contribution in [0.15, 0.2) is 35.3 Å². The minimum absolute atomic E-state index is 0.0527. The maximum atomic E-state index is 12.2. The summed E-state index contributed by atoms with van der Waals surface area (Å²) in [6.45, 7) is 3.88. The molecule has 0 aliphatic heterocycles. The van der Waals surface area contributed by atoms with E-state index < -0.39 is 9.84 Å². The molecule has 2 aromatic heterocycles. The SMILES string of the molecule is Cc1ccc(CCOCCCS(=O)(=O)CCNCCc2ccc(O)c3[nH]c(=O)sc23)nc1. The van der Waals surface area contributed by atoms with Gasteiger partial charge in [0.05, 0.1) is 22.8 Å². The van der Waals surface area contributed by atoms with E-state index in [1.54, 1.807) is 12.1 Å². The number of nitrogens with one attached hydrogen (secondary N) is 2. The number of aromatic nitrogens is 2. The lowest BCUT2D eigenvalue weighted by atomic mass is 10.1. The van der Waals surface area contributed by atoms with Gasteiger partial charge in [-0.05, 0) is 49.6 Å². The third-order valence-corrected chi connectivity index (χ3v) is 7.71. The number of pyridine rings is 1. The quantitative estimate of drug-likeness (QED) is 0.321. The molecule has 3 rings (SSSR count). The van der Waals surface area contributed by atoms with E-state index in [1.807, 2.05) is 25.3 Å². The van der Waals surface area contributed by atoms with Crippen LogP contribution in [0.2, 0.25) is 0 Å². The number of aromatic hydroxyl groups is 1. The number of sulfone groups is 1. The van der Waals surface area contributed by atoms with Crippen LogP contribution in [0.1, 0.15) is 23.2 Å². The molecule has 0 bridgehead atoms. The van der Waals surface area contributed by atoms with E-state index in [0.717, 1.165) is 32.9 Å². The number of phenolic OH excluding ortho intramolecular Hbond substituents is 1. The Balaban J connectivity index is 1.29. The first-order chi connectivity index (χ1) is 15.3. The molecular formula is C22H29N3O5S2. The fourth-order valence-corrected chi connectivity index (χ4v) is 5.37. The molecule has 1 aromatic carbocycles. The molecule has 0 radical (unpaired) electrons. The average molecular weight is 480 g/mol. The zero-order chi connectivity index (χ0) is 23.0. The molecule has 0 unspecified atom stereocenters. The summed E-state index contributed by atoms with van der Waals surface area (Å²) in [5.41, 5.74) is 3.48. The normalized spacial score (nSPS) is 11.9. The van der Waals surface area contributed by atoms with Gasteiger partial charge in [-0.1, -0.05) is 23.5 Å². The van der Waals surface area contributed by atoms with Crippen LogP contribution in [0, 0.1) is 6.92 Å². The Morgan fingerprint density at radius 1 is 1.12 bits per heavy atom.